The van der Waals surface area contributed by atoms with Crippen LogP contribution in [0.15, 0.2) is 72.8 Å². The minimum atomic E-state index is -1.05. The molecule has 0 unspecified atom stereocenters. The first-order valence-electron chi connectivity index (χ1n) is 11.0. The molecule has 3 aromatic rings. The van der Waals surface area contributed by atoms with Crippen molar-refractivity contribution in [2.24, 2.45) is 5.92 Å². The molecule has 0 radical (unpaired) electrons. The molecule has 1 aliphatic rings. The quantitative estimate of drug-likeness (QED) is 0.551. The molecule has 5 nitrogen and oxygen atoms in total. The number of aryl methyl sites for hydroxylation is 1. The molecule has 0 atom stereocenters. The van der Waals surface area contributed by atoms with E-state index in [0.29, 0.717) is 17.2 Å². The third-order valence-corrected chi connectivity index (χ3v) is 6.11. The Morgan fingerprint density at radius 1 is 0.969 bits per heavy atom. The van der Waals surface area contributed by atoms with E-state index in [1.54, 1.807) is 24.3 Å². The Morgan fingerprint density at radius 3 is 2.41 bits per heavy atom. The van der Waals surface area contributed by atoms with Gasteiger partial charge in [-0.05, 0) is 68.0 Å². The van der Waals surface area contributed by atoms with Gasteiger partial charge in [-0.1, -0.05) is 48.0 Å². The maximum Gasteiger partial charge on any atom is 0.337 e. The fraction of sp³-hybridized carbons (Fsp3) is 0.259. The van der Waals surface area contributed by atoms with Crippen LogP contribution in [0.4, 0.5) is 11.4 Å². The molecule has 3 aromatic carbocycles. The van der Waals surface area contributed by atoms with Gasteiger partial charge >= 0.3 is 5.97 Å². The molecular formula is C27H28N2O3. The van der Waals surface area contributed by atoms with Gasteiger partial charge in [0.25, 0.3) is 5.91 Å². The molecule has 0 saturated carbocycles. The Bertz CT molecular complexity index is 1100. The zero-order chi connectivity index (χ0) is 22.5. The Kier molecular flexibility index (Phi) is 6.55. The molecular weight excluding hydrogens is 400 g/mol. The minimum absolute atomic E-state index is 0.106. The zero-order valence-corrected chi connectivity index (χ0v) is 18.3. The topological polar surface area (TPSA) is 69.6 Å². The van der Waals surface area contributed by atoms with Gasteiger partial charge < -0.3 is 15.3 Å². The van der Waals surface area contributed by atoms with E-state index in [9.17, 15) is 14.7 Å². The van der Waals surface area contributed by atoms with Crippen LogP contribution in [0.1, 0.15) is 44.7 Å². The molecule has 1 amide bonds. The number of aromatic carboxylic acids is 1. The summed E-state index contributed by atoms with van der Waals surface area (Å²) in [6, 6.07) is 23.0. The van der Waals surface area contributed by atoms with Crippen molar-refractivity contribution in [3.63, 3.8) is 0 Å². The normalized spacial score (nSPS) is 14.2. The number of rotatable bonds is 6. The van der Waals surface area contributed by atoms with Gasteiger partial charge in [0.15, 0.2) is 0 Å². The highest BCUT2D eigenvalue weighted by Gasteiger charge is 2.22. The van der Waals surface area contributed by atoms with E-state index in [-0.39, 0.29) is 11.5 Å². The van der Waals surface area contributed by atoms with Crippen molar-refractivity contribution in [3.05, 3.63) is 95.1 Å². The second-order valence-electron chi connectivity index (χ2n) is 8.48. The van der Waals surface area contributed by atoms with E-state index in [2.05, 4.69) is 34.5 Å². The first-order chi connectivity index (χ1) is 15.5. The van der Waals surface area contributed by atoms with E-state index < -0.39 is 5.97 Å². The molecule has 1 heterocycles. The van der Waals surface area contributed by atoms with Gasteiger partial charge in [0.1, 0.15) is 0 Å². The highest BCUT2D eigenvalue weighted by molar-refractivity contribution is 6.08. The summed E-state index contributed by atoms with van der Waals surface area (Å²) in [5.74, 6) is -0.725. The number of carbonyl (C=O) groups excluding carboxylic acids is 1. The summed E-state index contributed by atoms with van der Waals surface area (Å²) < 4.78 is 0. The standard InChI is InChI=1S/C27H28N2O3/c1-19-6-5-9-22(16-19)26(30)28-25-11-10-23(18-24(25)27(31)32)29-14-12-21(13-15-29)17-20-7-3-2-4-8-20/h2-11,16,18,21H,12-15,17H2,1H3,(H,28,30)(H,31,32). The summed E-state index contributed by atoms with van der Waals surface area (Å²) in [6.07, 6.45) is 3.23. The summed E-state index contributed by atoms with van der Waals surface area (Å²) in [4.78, 5) is 26.7. The lowest BCUT2D eigenvalue weighted by molar-refractivity contribution is 0.0698. The van der Waals surface area contributed by atoms with Gasteiger partial charge in [-0.25, -0.2) is 4.79 Å². The summed E-state index contributed by atoms with van der Waals surface area (Å²) in [7, 11) is 0. The molecule has 0 aromatic heterocycles. The number of anilines is 2. The molecule has 1 aliphatic heterocycles. The molecule has 0 spiro atoms. The van der Waals surface area contributed by atoms with Gasteiger partial charge in [0.2, 0.25) is 0 Å². The first-order valence-corrected chi connectivity index (χ1v) is 11.0. The van der Waals surface area contributed by atoms with Crippen molar-refractivity contribution in [3.8, 4) is 0 Å². The van der Waals surface area contributed by atoms with Gasteiger partial charge in [0, 0.05) is 24.3 Å². The molecule has 0 bridgehead atoms. The number of nitrogens with one attached hydrogen (secondary N) is 1. The number of nitrogens with zero attached hydrogens (tertiary/aromatic N) is 1. The van der Waals surface area contributed by atoms with Crippen molar-refractivity contribution in [2.45, 2.75) is 26.2 Å². The van der Waals surface area contributed by atoms with Gasteiger partial charge in [0.05, 0.1) is 11.3 Å². The van der Waals surface area contributed by atoms with Gasteiger partial charge in [-0.15, -0.1) is 0 Å². The molecule has 5 heteroatoms. The number of amides is 1. The predicted octanol–water partition coefficient (Wildman–Crippen LogP) is 5.40. The fourth-order valence-corrected chi connectivity index (χ4v) is 4.34. The number of carbonyl (C=O) groups is 2. The van der Waals surface area contributed by atoms with E-state index in [1.165, 1.54) is 5.56 Å². The molecule has 4 rings (SSSR count). The van der Waals surface area contributed by atoms with E-state index in [0.717, 1.165) is 43.6 Å². The number of hydrogen-bond donors (Lipinski definition) is 2. The lowest BCUT2D eigenvalue weighted by atomic mass is 9.90. The lowest BCUT2D eigenvalue weighted by Gasteiger charge is -2.34. The molecule has 2 N–H and O–H groups in total. The summed E-state index contributed by atoms with van der Waals surface area (Å²) >= 11 is 0. The van der Waals surface area contributed by atoms with E-state index in [4.69, 9.17) is 0 Å². The third kappa shape index (κ3) is 5.17. The number of hydrogen-bond acceptors (Lipinski definition) is 3. The maximum absolute atomic E-state index is 12.6. The number of piperidine rings is 1. The zero-order valence-electron chi connectivity index (χ0n) is 18.3. The Morgan fingerprint density at radius 2 is 1.72 bits per heavy atom. The van der Waals surface area contributed by atoms with Crippen LogP contribution < -0.4 is 10.2 Å². The Hall–Kier alpha value is -3.60. The number of benzene rings is 3. The third-order valence-electron chi connectivity index (χ3n) is 6.11. The van der Waals surface area contributed by atoms with Crippen molar-refractivity contribution in [1.29, 1.82) is 0 Å². The Labute approximate surface area is 188 Å². The Balaban J connectivity index is 1.44. The van der Waals surface area contributed by atoms with E-state index in [1.807, 2.05) is 31.2 Å². The second kappa shape index (κ2) is 9.69. The van der Waals surface area contributed by atoms with E-state index >= 15 is 0 Å². The maximum atomic E-state index is 12.6. The first kappa shape index (κ1) is 21.6. The molecule has 1 fully saturated rings. The molecule has 1 saturated heterocycles. The number of carboxylic acid groups (broad SMARTS) is 1. The smallest absolute Gasteiger partial charge is 0.337 e. The molecule has 164 valence electrons. The average molecular weight is 429 g/mol. The minimum Gasteiger partial charge on any atom is -0.478 e. The van der Waals surface area contributed by atoms with Crippen LogP contribution in [-0.2, 0) is 6.42 Å². The SMILES string of the molecule is Cc1cccc(C(=O)Nc2ccc(N3CCC(Cc4ccccc4)CC3)cc2C(=O)O)c1. The van der Waals surface area contributed by atoms with Gasteiger partial charge in [-0.2, -0.15) is 0 Å². The van der Waals surface area contributed by atoms with Crippen molar-refractivity contribution >= 4 is 23.3 Å². The lowest BCUT2D eigenvalue weighted by Crippen LogP contribution is -2.34. The molecule has 0 aliphatic carbocycles. The van der Waals surface area contributed by atoms with Crippen molar-refractivity contribution < 1.29 is 14.7 Å². The van der Waals surface area contributed by atoms with Gasteiger partial charge in [-0.3, -0.25) is 4.79 Å². The largest absolute Gasteiger partial charge is 0.478 e. The van der Waals surface area contributed by atoms with Crippen LogP contribution in [0.5, 0.6) is 0 Å². The summed E-state index contributed by atoms with van der Waals surface area (Å²) in [5.41, 5.74) is 4.15. The summed E-state index contributed by atoms with van der Waals surface area (Å²) in [5, 5.41) is 12.5. The monoisotopic (exact) mass is 428 g/mol. The highest BCUT2D eigenvalue weighted by atomic mass is 16.4. The van der Waals surface area contributed by atoms with Crippen LogP contribution >= 0.6 is 0 Å². The predicted molar refractivity (Wildman–Crippen MR) is 128 cm³/mol. The van der Waals surface area contributed by atoms with Crippen LogP contribution in [-0.4, -0.2) is 30.1 Å². The average Bonchev–Trinajstić information content (AvgIpc) is 2.80. The fourth-order valence-electron chi connectivity index (χ4n) is 4.34. The highest BCUT2D eigenvalue weighted by Crippen LogP contribution is 2.29. The van der Waals surface area contributed by atoms with Crippen molar-refractivity contribution in [1.82, 2.24) is 0 Å². The molecule has 32 heavy (non-hydrogen) atoms. The van der Waals surface area contributed by atoms with Crippen molar-refractivity contribution in [2.75, 3.05) is 23.3 Å². The number of carboxylic acids is 1. The van der Waals surface area contributed by atoms with Crippen LogP contribution in [0.25, 0.3) is 0 Å². The second-order valence-corrected chi connectivity index (χ2v) is 8.48. The van der Waals surface area contributed by atoms with Crippen LogP contribution in [0.2, 0.25) is 0 Å². The van der Waals surface area contributed by atoms with Crippen LogP contribution in [0.3, 0.4) is 0 Å². The summed E-state index contributed by atoms with van der Waals surface area (Å²) in [6.45, 7) is 3.70. The van der Waals surface area contributed by atoms with Crippen LogP contribution in [0, 0.1) is 12.8 Å².